The number of halogens is 2. The number of nitrogens with zero attached hydrogens (tertiary/aromatic N) is 2. The van der Waals surface area contributed by atoms with Gasteiger partial charge in [0, 0.05) is 18.0 Å². The third kappa shape index (κ3) is 3.79. The van der Waals surface area contributed by atoms with Gasteiger partial charge >= 0.3 is 0 Å². The number of carbonyl (C=O) groups excluding carboxylic acids is 1. The Morgan fingerprint density at radius 3 is 3.05 bits per heavy atom. The molecule has 2 rings (SSSR count). The number of rotatable bonds is 4. The van der Waals surface area contributed by atoms with E-state index in [1.54, 1.807) is 24.3 Å². The zero-order valence-electron chi connectivity index (χ0n) is 10.1. The third-order valence-electron chi connectivity index (χ3n) is 2.18. The number of hydrogen-bond acceptors (Lipinski definition) is 4. The van der Waals surface area contributed by atoms with E-state index in [4.69, 9.17) is 16.3 Å². The molecule has 0 spiro atoms. The van der Waals surface area contributed by atoms with Gasteiger partial charge in [-0.3, -0.25) is 4.79 Å². The molecule has 0 unspecified atom stereocenters. The van der Waals surface area contributed by atoms with Crippen LogP contribution in [0.3, 0.4) is 0 Å². The van der Waals surface area contributed by atoms with Crippen molar-refractivity contribution >= 4 is 39.1 Å². The van der Waals surface area contributed by atoms with Gasteiger partial charge in [-0.25, -0.2) is 4.98 Å². The van der Waals surface area contributed by atoms with E-state index in [1.165, 1.54) is 12.3 Å². The highest BCUT2D eigenvalue weighted by atomic mass is 79.9. The SMILES string of the molecule is C=CC(=O)Nc1cccc(Oc2nc(Cl)ncc2Br)c1. The molecular weight excluding hydrogens is 346 g/mol. The largest absolute Gasteiger partial charge is 0.438 e. The number of anilines is 1. The summed E-state index contributed by atoms with van der Waals surface area (Å²) in [5.41, 5.74) is 0.587. The van der Waals surface area contributed by atoms with Gasteiger partial charge in [0.25, 0.3) is 0 Å². The number of amides is 1. The van der Waals surface area contributed by atoms with Crippen LogP contribution in [0.5, 0.6) is 11.6 Å². The highest BCUT2D eigenvalue weighted by Gasteiger charge is 2.07. The van der Waals surface area contributed by atoms with Crippen molar-refractivity contribution in [2.24, 2.45) is 0 Å². The Morgan fingerprint density at radius 2 is 2.30 bits per heavy atom. The summed E-state index contributed by atoms with van der Waals surface area (Å²) in [7, 11) is 0. The predicted octanol–water partition coefficient (Wildman–Crippen LogP) is 3.81. The van der Waals surface area contributed by atoms with Crippen LogP contribution in [0.1, 0.15) is 0 Å². The fourth-order valence-corrected chi connectivity index (χ4v) is 1.74. The van der Waals surface area contributed by atoms with Crippen molar-refractivity contribution in [2.45, 2.75) is 0 Å². The number of hydrogen-bond donors (Lipinski definition) is 1. The van der Waals surface area contributed by atoms with Crippen LogP contribution in [0.4, 0.5) is 5.69 Å². The standard InChI is InChI=1S/C13H9BrClN3O2/c1-2-11(19)17-8-4-3-5-9(6-8)20-12-10(14)7-16-13(15)18-12/h2-7H,1H2,(H,17,19). The van der Waals surface area contributed by atoms with Crippen LogP contribution >= 0.6 is 27.5 Å². The maximum atomic E-state index is 11.2. The zero-order chi connectivity index (χ0) is 14.5. The van der Waals surface area contributed by atoms with Crippen molar-refractivity contribution in [1.82, 2.24) is 9.97 Å². The lowest BCUT2D eigenvalue weighted by Crippen LogP contribution is -2.07. The molecule has 0 radical (unpaired) electrons. The molecule has 0 bridgehead atoms. The van der Waals surface area contributed by atoms with Crippen molar-refractivity contribution in [1.29, 1.82) is 0 Å². The van der Waals surface area contributed by atoms with Gasteiger partial charge < -0.3 is 10.1 Å². The lowest BCUT2D eigenvalue weighted by atomic mass is 10.3. The minimum atomic E-state index is -0.298. The van der Waals surface area contributed by atoms with Crippen LogP contribution in [-0.4, -0.2) is 15.9 Å². The molecule has 1 aromatic heterocycles. The van der Waals surface area contributed by atoms with Crippen molar-refractivity contribution in [2.75, 3.05) is 5.32 Å². The van der Waals surface area contributed by atoms with Gasteiger partial charge in [0.2, 0.25) is 17.1 Å². The highest BCUT2D eigenvalue weighted by molar-refractivity contribution is 9.10. The van der Waals surface area contributed by atoms with Gasteiger partial charge in [0.15, 0.2) is 0 Å². The van der Waals surface area contributed by atoms with E-state index >= 15 is 0 Å². The summed E-state index contributed by atoms with van der Waals surface area (Å²) < 4.78 is 6.16. The van der Waals surface area contributed by atoms with Gasteiger partial charge in [0.1, 0.15) is 5.75 Å². The van der Waals surface area contributed by atoms with Gasteiger partial charge in [0.05, 0.1) is 4.47 Å². The number of carbonyl (C=O) groups is 1. The first-order valence-electron chi connectivity index (χ1n) is 5.48. The summed E-state index contributed by atoms with van der Waals surface area (Å²) in [5.74, 6) is 0.493. The summed E-state index contributed by atoms with van der Waals surface area (Å²) in [4.78, 5) is 19.0. The Labute approximate surface area is 128 Å². The Kier molecular flexibility index (Phi) is 4.70. The Balaban J connectivity index is 2.21. The molecule has 1 N–H and O–H groups in total. The van der Waals surface area contributed by atoms with Crippen LogP contribution in [0.25, 0.3) is 0 Å². The van der Waals surface area contributed by atoms with Gasteiger partial charge in [-0.2, -0.15) is 4.98 Å². The molecule has 102 valence electrons. The first kappa shape index (κ1) is 14.5. The average Bonchev–Trinajstić information content (AvgIpc) is 2.43. The van der Waals surface area contributed by atoms with E-state index < -0.39 is 0 Å². The second-order valence-electron chi connectivity index (χ2n) is 3.62. The van der Waals surface area contributed by atoms with E-state index in [1.807, 2.05) is 0 Å². The number of ether oxygens (including phenoxy) is 1. The summed E-state index contributed by atoms with van der Waals surface area (Å²) in [5, 5.41) is 2.72. The third-order valence-corrected chi connectivity index (χ3v) is 2.91. The average molecular weight is 355 g/mol. The quantitative estimate of drug-likeness (QED) is 0.670. The predicted molar refractivity (Wildman–Crippen MR) is 80.1 cm³/mol. The number of nitrogens with one attached hydrogen (secondary N) is 1. The Morgan fingerprint density at radius 1 is 1.50 bits per heavy atom. The van der Waals surface area contributed by atoms with E-state index in [2.05, 4.69) is 37.8 Å². The monoisotopic (exact) mass is 353 g/mol. The molecule has 7 heteroatoms. The molecule has 0 aliphatic heterocycles. The topological polar surface area (TPSA) is 64.1 Å². The van der Waals surface area contributed by atoms with Gasteiger partial charge in [-0.05, 0) is 45.7 Å². The minimum absolute atomic E-state index is 0.0827. The van der Waals surface area contributed by atoms with Crippen LogP contribution in [0.15, 0.2) is 47.6 Å². The summed E-state index contributed by atoms with van der Waals surface area (Å²) >= 11 is 8.98. The van der Waals surface area contributed by atoms with Crippen LogP contribution in [-0.2, 0) is 4.79 Å². The Hall–Kier alpha value is -1.92. The summed E-state index contributed by atoms with van der Waals surface area (Å²) in [6.07, 6.45) is 2.68. The maximum absolute atomic E-state index is 11.2. The second-order valence-corrected chi connectivity index (χ2v) is 4.81. The molecule has 2 aromatic rings. The molecule has 0 saturated carbocycles. The normalized spacial score (nSPS) is 9.90. The molecule has 20 heavy (non-hydrogen) atoms. The zero-order valence-corrected chi connectivity index (χ0v) is 12.5. The maximum Gasteiger partial charge on any atom is 0.247 e. The number of benzene rings is 1. The summed E-state index contributed by atoms with van der Waals surface area (Å²) in [6.45, 7) is 3.39. The van der Waals surface area contributed by atoms with E-state index in [0.29, 0.717) is 15.9 Å². The first-order valence-corrected chi connectivity index (χ1v) is 6.65. The van der Waals surface area contributed by atoms with Crippen LogP contribution < -0.4 is 10.1 Å². The molecule has 1 heterocycles. The van der Waals surface area contributed by atoms with E-state index in [9.17, 15) is 4.79 Å². The molecular formula is C13H9BrClN3O2. The lowest BCUT2D eigenvalue weighted by Gasteiger charge is -2.08. The summed E-state index contributed by atoms with van der Waals surface area (Å²) in [6, 6.07) is 6.86. The lowest BCUT2D eigenvalue weighted by molar-refractivity contribution is -0.111. The van der Waals surface area contributed by atoms with E-state index in [-0.39, 0.29) is 17.1 Å². The second kappa shape index (κ2) is 6.49. The first-order chi connectivity index (χ1) is 9.58. The molecule has 1 amide bonds. The molecule has 0 atom stereocenters. The smallest absolute Gasteiger partial charge is 0.247 e. The van der Waals surface area contributed by atoms with Gasteiger partial charge in [-0.1, -0.05) is 12.6 Å². The fraction of sp³-hybridized carbons (Fsp3) is 0. The molecule has 0 aliphatic rings. The minimum Gasteiger partial charge on any atom is -0.438 e. The Bertz CT molecular complexity index is 664. The molecule has 0 aliphatic carbocycles. The van der Waals surface area contributed by atoms with Crippen molar-refractivity contribution in [3.05, 3.63) is 52.9 Å². The van der Waals surface area contributed by atoms with Gasteiger partial charge in [-0.15, -0.1) is 0 Å². The fourth-order valence-electron chi connectivity index (χ4n) is 1.35. The van der Waals surface area contributed by atoms with Crippen molar-refractivity contribution < 1.29 is 9.53 Å². The van der Waals surface area contributed by atoms with Crippen LogP contribution in [0.2, 0.25) is 5.28 Å². The van der Waals surface area contributed by atoms with Crippen molar-refractivity contribution in [3.8, 4) is 11.6 Å². The molecule has 1 aromatic carbocycles. The molecule has 0 fully saturated rings. The van der Waals surface area contributed by atoms with E-state index in [0.717, 1.165) is 0 Å². The van der Waals surface area contributed by atoms with Crippen LogP contribution in [0, 0.1) is 0 Å². The van der Waals surface area contributed by atoms with Crippen molar-refractivity contribution in [3.63, 3.8) is 0 Å². The highest BCUT2D eigenvalue weighted by Crippen LogP contribution is 2.29. The molecule has 5 nitrogen and oxygen atoms in total. The molecule has 0 saturated heterocycles. The number of aromatic nitrogens is 2.